The fourth-order valence-corrected chi connectivity index (χ4v) is 4.49. The van der Waals surface area contributed by atoms with Gasteiger partial charge in [0, 0.05) is 44.2 Å². The Hall–Kier alpha value is -3.19. The number of benzene rings is 1. The number of hydrogen-bond acceptors (Lipinski definition) is 5. The molecule has 2 aliphatic heterocycles. The SMILES string of the molecule is CC(=O)N1CCN(CCCCCCC2=C(C)C(=O)N(c3ccc(C#N)c(C(F)(F)F)c3)C2=O)CC1. The number of nitriles is 1. The van der Waals surface area contributed by atoms with Gasteiger partial charge in [0.05, 0.1) is 22.9 Å². The van der Waals surface area contributed by atoms with Gasteiger partial charge in [0.2, 0.25) is 5.91 Å². The third-order valence-electron chi connectivity index (χ3n) is 6.59. The van der Waals surface area contributed by atoms with Crippen LogP contribution < -0.4 is 4.90 Å². The van der Waals surface area contributed by atoms with Crippen LogP contribution in [0, 0.1) is 11.3 Å². The number of imide groups is 1. The molecule has 3 amide bonds. The highest BCUT2D eigenvalue weighted by Crippen LogP contribution is 2.36. The minimum atomic E-state index is -4.78. The van der Waals surface area contributed by atoms with Gasteiger partial charge >= 0.3 is 6.18 Å². The van der Waals surface area contributed by atoms with Crippen molar-refractivity contribution in [3.8, 4) is 6.07 Å². The number of carbonyl (C=O) groups is 3. The molecule has 0 saturated carbocycles. The number of halogens is 3. The zero-order valence-electron chi connectivity index (χ0n) is 20.0. The van der Waals surface area contributed by atoms with Crippen molar-refractivity contribution in [1.29, 1.82) is 5.26 Å². The van der Waals surface area contributed by atoms with E-state index in [1.54, 1.807) is 6.92 Å². The van der Waals surface area contributed by atoms with E-state index in [2.05, 4.69) is 4.90 Å². The lowest BCUT2D eigenvalue weighted by Gasteiger charge is -2.34. The highest BCUT2D eigenvalue weighted by molar-refractivity contribution is 6.32. The van der Waals surface area contributed by atoms with Gasteiger partial charge in [-0.3, -0.25) is 19.3 Å². The van der Waals surface area contributed by atoms with E-state index in [4.69, 9.17) is 5.26 Å². The molecule has 0 unspecified atom stereocenters. The monoisotopic (exact) mass is 490 g/mol. The van der Waals surface area contributed by atoms with Gasteiger partial charge in [-0.1, -0.05) is 12.8 Å². The fraction of sp³-hybridized carbons (Fsp3) is 0.520. The van der Waals surface area contributed by atoms with Gasteiger partial charge in [0.25, 0.3) is 11.8 Å². The Morgan fingerprint density at radius 1 is 1.03 bits per heavy atom. The van der Waals surface area contributed by atoms with Crippen molar-refractivity contribution in [2.45, 2.75) is 52.1 Å². The molecule has 10 heteroatoms. The first kappa shape index (κ1) is 26.4. The molecule has 1 saturated heterocycles. The minimum Gasteiger partial charge on any atom is -0.340 e. The Bertz CT molecular complexity index is 1070. The van der Waals surface area contributed by atoms with Crippen molar-refractivity contribution in [2.24, 2.45) is 0 Å². The van der Waals surface area contributed by atoms with E-state index < -0.39 is 29.1 Å². The zero-order valence-corrected chi connectivity index (χ0v) is 20.0. The normalized spacial score (nSPS) is 17.4. The van der Waals surface area contributed by atoms with E-state index >= 15 is 0 Å². The second kappa shape index (κ2) is 11.0. The summed E-state index contributed by atoms with van der Waals surface area (Å²) in [5.74, 6) is -1.13. The molecule has 0 radical (unpaired) electrons. The number of hydrogen-bond donors (Lipinski definition) is 0. The fourth-order valence-electron chi connectivity index (χ4n) is 4.49. The van der Waals surface area contributed by atoms with Gasteiger partial charge in [-0.2, -0.15) is 18.4 Å². The lowest BCUT2D eigenvalue weighted by atomic mass is 10.0. The van der Waals surface area contributed by atoms with Crippen molar-refractivity contribution in [3.63, 3.8) is 0 Å². The lowest BCUT2D eigenvalue weighted by Crippen LogP contribution is -2.48. The maximum atomic E-state index is 13.3. The Balaban J connectivity index is 1.50. The van der Waals surface area contributed by atoms with Crippen LogP contribution in [0.1, 0.15) is 57.1 Å². The van der Waals surface area contributed by atoms with E-state index in [0.29, 0.717) is 24.5 Å². The van der Waals surface area contributed by atoms with E-state index in [0.717, 1.165) is 63.0 Å². The number of unbranched alkanes of at least 4 members (excludes halogenated alkanes) is 3. The molecule has 0 aromatic heterocycles. The standard InChI is InChI=1S/C25H29F3N4O3/c1-17-21(7-5-3-4-6-10-30-11-13-31(14-12-30)18(2)33)24(35)32(23(17)34)20-9-8-19(16-29)22(15-20)25(26,27)28/h8-9,15H,3-7,10-14H2,1-2H3. The first-order chi connectivity index (χ1) is 16.5. The molecule has 0 N–H and O–H groups in total. The molecule has 0 bridgehead atoms. The molecule has 0 spiro atoms. The summed E-state index contributed by atoms with van der Waals surface area (Å²) in [6.07, 6.45) is -0.899. The van der Waals surface area contributed by atoms with Crippen molar-refractivity contribution in [2.75, 3.05) is 37.6 Å². The van der Waals surface area contributed by atoms with Gasteiger partial charge in [0.1, 0.15) is 0 Å². The molecular formula is C25H29F3N4O3. The molecule has 7 nitrogen and oxygen atoms in total. The van der Waals surface area contributed by atoms with E-state index in [-0.39, 0.29) is 17.2 Å². The second-order valence-corrected chi connectivity index (χ2v) is 8.90. The molecule has 188 valence electrons. The Labute approximate surface area is 202 Å². The van der Waals surface area contributed by atoms with E-state index in [1.807, 2.05) is 4.90 Å². The van der Waals surface area contributed by atoms with Crippen LogP contribution in [0.4, 0.5) is 18.9 Å². The van der Waals surface area contributed by atoms with Crippen molar-refractivity contribution < 1.29 is 27.6 Å². The summed E-state index contributed by atoms with van der Waals surface area (Å²) in [7, 11) is 0. The first-order valence-corrected chi connectivity index (χ1v) is 11.7. The van der Waals surface area contributed by atoms with E-state index in [1.165, 1.54) is 19.1 Å². The molecular weight excluding hydrogens is 461 g/mol. The zero-order chi connectivity index (χ0) is 25.8. The van der Waals surface area contributed by atoms with Crippen LogP contribution >= 0.6 is 0 Å². The minimum absolute atomic E-state index is 0.104. The number of alkyl halides is 3. The number of piperazine rings is 1. The Morgan fingerprint density at radius 2 is 1.69 bits per heavy atom. The predicted molar refractivity (Wildman–Crippen MR) is 123 cm³/mol. The number of amides is 3. The van der Waals surface area contributed by atoms with Gasteiger partial charge in [-0.15, -0.1) is 0 Å². The van der Waals surface area contributed by atoms with Crippen LogP contribution in [-0.4, -0.2) is 60.2 Å². The van der Waals surface area contributed by atoms with Crippen LogP contribution in [0.3, 0.4) is 0 Å². The summed E-state index contributed by atoms with van der Waals surface area (Å²) in [4.78, 5) is 41.9. The first-order valence-electron chi connectivity index (χ1n) is 11.7. The van der Waals surface area contributed by atoms with Crippen molar-refractivity contribution in [1.82, 2.24) is 9.80 Å². The summed E-state index contributed by atoms with van der Waals surface area (Å²) in [6.45, 7) is 7.27. The molecule has 0 aliphatic carbocycles. The summed E-state index contributed by atoms with van der Waals surface area (Å²) in [5, 5.41) is 8.97. The van der Waals surface area contributed by atoms with Crippen LogP contribution in [0.5, 0.6) is 0 Å². The average molecular weight is 491 g/mol. The van der Waals surface area contributed by atoms with Gasteiger partial charge in [-0.25, -0.2) is 4.90 Å². The molecule has 0 atom stereocenters. The third-order valence-corrected chi connectivity index (χ3v) is 6.59. The molecule has 3 rings (SSSR count). The van der Waals surface area contributed by atoms with Gasteiger partial charge in [-0.05, 0) is 50.9 Å². The van der Waals surface area contributed by atoms with Crippen molar-refractivity contribution >= 4 is 23.4 Å². The lowest BCUT2D eigenvalue weighted by molar-refractivity contribution is -0.138. The van der Waals surface area contributed by atoms with Crippen LogP contribution in [0.15, 0.2) is 29.3 Å². The molecule has 35 heavy (non-hydrogen) atoms. The maximum Gasteiger partial charge on any atom is 0.417 e. The van der Waals surface area contributed by atoms with Crippen LogP contribution in [0.2, 0.25) is 0 Å². The molecule has 1 aromatic rings. The second-order valence-electron chi connectivity index (χ2n) is 8.90. The van der Waals surface area contributed by atoms with Gasteiger partial charge < -0.3 is 4.90 Å². The summed E-state index contributed by atoms with van der Waals surface area (Å²) >= 11 is 0. The Kier molecular flexibility index (Phi) is 8.33. The maximum absolute atomic E-state index is 13.3. The highest BCUT2D eigenvalue weighted by Gasteiger charge is 2.39. The number of nitrogens with zero attached hydrogens (tertiary/aromatic N) is 4. The summed E-state index contributed by atoms with van der Waals surface area (Å²) in [5.41, 5.74) is -1.35. The topological polar surface area (TPSA) is 84.7 Å². The largest absolute Gasteiger partial charge is 0.417 e. The van der Waals surface area contributed by atoms with Crippen LogP contribution in [-0.2, 0) is 20.6 Å². The quantitative estimate of drug-likeness (QED) is 0.408. The highest BCUT2D eigenvalue weighted by atomic mass is 19.4. The molecule has 1 aromatic carbocycles. The number of anilines is 1. The molecule has 2 aliphatic rings. The van der Waals surface area contributed by atoms with Crippen molar-refractivity contribution in [3.05, 3.63) is 40.5 Å². The van der Waals surface area contributed by atoms with E-state index in [9.17, 15) is 27.6 Å². The molecule has 1 fully saturated rings. The summed E-state index contributed by atoms with van der Waals surface area (Å²) in [6, 6.07) is 4.34. The van der Waals surface area contributed by atoms with Gasteiger partial charge in [0.15, 0.2) is 0 Å². The smallest absolute Gasteiger partial charge is 0.340 e. The third kappa shape index (κ3) is 6.09. The number of carbonyl (C=O) groups excluding carboxylic acids is 3. The average Bonchev–Trinajstić information content (AvgIpc) is 3.03. The Morgan fingerprint density at radius 3 is 2.29 bits per heavy atom. The molecule has 2 heterocycles. The predicted octanol–water partition coefficient (Wildman–Crippen LogP) is 3.88. The van der Waals surface area contributed by atoms with Crippen LogP contribution in [0.25, 0.3) is 0 Å². The number of rotatable bonds is 8. The summed E-state index contributed by atoms with van der Waals surface area (Å²) < 4.78 is 40.0.